The first-order valence-corrected chi connectivity index (χ1v) is 5.47. The molecule has 0 atom stereocenters. The summed E-state index contributed by atoms with van der Waals surface area (Å²) in [6, 6.07) is 4.42. The van der Waals surface area contributed by atoms with Gasteiger partial charge in [-0.25, -0.2) is 4.98 Å². The van der Waals surface area contributed by atoms with Gasteiger partial charge in [0.25, 0.3) is 0 Å². The molecule has 0 unspecified atom stereocenters. The Morgan fingerprint density at radius 1 is 1.33 bits per heavy atom. The van der Waals surface area contributed by atoms with Gasteiger partial charge >= 0.3 is 0 Å². The summed E-state index contributed by atoms with van der Waals surface area (Å²) in [5.41, 5.74) is 5.00. The zero-order valence-corrected chi connectivity index (χ0v) is 9.17. The van der Waals surface area contributed by atoms with E-state index < -0.39 is 0 Å². The highest BCUT2D eigenvalue weighted by Crippen LogP contribution is 2.26. The van der Waals surface area contributed by atoms with Crippen LogP contribution in [0.25, 0.3) is 11.0 Å². The summed E-state index contributed by atoms with van der Waals surface area (Å²) in [5, 5.41) is 3.35. The van der Waals surface area contributed by atoms with Crippen LogP contribution in [0.3, 0.4) is 0 Å². The third kappa shape index (κ3) is 1.23. The van der Waals surface area contributed by atoms with E-state index >= 15 is 0 Å². The van der Waals surface area contributed by atoms with E-state index in [1.165, 1.54) is 23.1 Å². The van der Waals surface area contributed by atoms with Crippen molar-refractivity contribution in [2.75, 3.05) is 11.9 Å². The molecule has 1 aromatic heterocycles. The highest BCUT2D eigenvalue weighted by molar-refractivity contribution is 5.82. The van der Waals surface area contributed by atoms with Gasteiger partial charge in [-0.15, -0.1) is 0 Å². The smallest absolute Gasteiger partial charge is 0.203 e. The van der Waals surface area contributed by atoms with Crippen LogP contribution in [0, 0.1) is 13.8 Å². The Kier molecular flexibility index (Phi) is 1.75. The number of imidazole rings is 1. The van der Waals surface area contributed by atoms with Crippen molar-refractivity contribution in [3.63, 3.8) is 0 Å². The first kappa shape index (κ1) is 8.77. The van der Waals surface area contributed by atoms with Gasteiger partial charge in [-0.2, -0.15) is 0 Å². The molecule has 3 nitrogen and oxygen atoms in total. The molecule has 78 valence electrons. The third-order valence-electron chi connectivity index (χ3n) is 3.03. The Morgan fingerprint density at radius 3 is 3.07 bits per heavy atom. The van der Waals surface area contributed by atoms with Crippen LogP contribution >= 0.6 is 0 Å². The predicted octanol–water partition coefficient (Wildman–Crippen LogP) is 2.47. The fourth-order valence-corrected chi connectivity index (χ4v) is 2.37. The average molecular weight is 201 g/mol. The zero-order valence-electron chi connectivity index (χ0n) is 9.17. The molecule has 0 saturated carbocycles. The summed E-state index contributed by atoms with van der Waals surface area (Å²) in [5.74, 6) is 1.03. The van der Waals surface area contributed by atoms with Crippen LogP contribution in [0.15, 0.2) is 12.1 Å². The number of anilines is 1. The lowest BCUT2D eigenvalue weighted by Gasteiger charge is -2.15. The minimum atomic E-state index is 1.03. The van der Waals surface area contributed by atoms with Crippen molar-refractivity contribution in [2.45, 2.75) is 26.8 Å². The minimum absolute atomic E-state index is 1.03. The number of nitrogens with one attached hydrogen (secondary N) is 1. The lowest BCUT2D eigenvalue weighted by molar-refractivity contribution is 0.642. The van der Waals surface area contributed by atoms with Crippen molar-refractivity contribution in [1.82, 2.24) is 9.55 Å². The molecule has 0 aliphatic carbocycles. The zero-order chi connectivity index (χ0) is 10.4. The normalized spacial score (nSPS) is 15.1. The van der Waals surface area contributed by atoms with Crippen LogP contribution in [-0.4, -0.2) is 16.1 Å². The molecule has 3 rings (SSSR count). The molecule has 2 heterocycles. The van der Waals surface area contributed by atoms with Gasteiger partial charge in [0.2, 0.25) is 5.95 Å². The standard InChI is InChI=1S/C12H15N3/c1-8-6-9(2)11-10(7-8)15-5-3-4-13-12(15)14-11/h6-7H,3-5H2,1-2H3,(H,13,14). The fourth-order valence-electron chi connectivity index (χ4n) is 2.37. The van der Waals surface area contributed by atoms with Crippen molar-refractivity contribution in [3.05, 3.63) is 23.3 Å². The summed E-state index contributed by atoms with van der Waals surface area (Å²) >= 11 is 0. The van der Waals surface area contributed by atoms with Crippen LogP contribution < -0.4 is 5.32 Å². The van der Waals surface area contributed by atoms with E-state index in [2.05, 4.69) is 40.8 Å². The van der Waals surface area contributed by atoms with E-state index in [1.54, 1.807) is 0 Å². The number of fused-ring (bicyclic) bond motifs is 3. The Labute approximate surface area is 89.1 Å². The molecule has 0 spiro atoms. The highest BCUT2D eigenvalue weighted by Gasteiger charge is 2.15. The van der Waals surface area contributed by atoms with E-state index in [1.807, 2.05) is 0 Å². The Hall–Kier alpha value is -1.51. The molecule has 1 aliphatic heterocycles. The molecule has 0 fully saturated rings. The van der Waals surface area contributed by atoms with Gasteiger partial charge in [-0.05, 0) is 37.5 Å². The summed E-state index contributed by atoms with van der Waals surface area (Å²) in [6.45, 7) is 6.40. The Balaban J connectivity index is 2.37. The lowest BCUT2D eigenvalue weighted by atomic mass is 10.1. The van der Waals surface area contributed by atoms with Gasteiger partial charge < -0.3 is 9.88 Å². The van der Waals surface area contributed by atoms with E-state index in [0.29, 0.717) is 0 Å². The minimum Gasteiger partial charge on any atom is -0.356 e. The molecule has 1 N–H and O–H groups in total. The van der Waals surface area contributed by atoms with E-state index in [9.17, 15) is 0 Å². The summed E-state index contributed by atoms with van der Waals surface area (Å²) < 4.78 is 2.29. The third-order valence-corrected chi connectivity index (χ3v) is 3.03. The number of aromatic nitrogens is 2. The lowest BCUT2D eigenvalue weighted by Crippen LogP contribution is -2.16. The van der Waals surface area contributed by atoms with Crippen LogP contribution in [-0.2, 0) is 6.54 Å². The monoisotopic (exact) mass is 201 g/mol. The van der Waals surface area contributed by atoms with E-state index in [4.69, 9.17) is 0 Å². The van der Waals surface area contributed by atoms with Gasteiger partial charge in [-0.3, -0.25) is 0 Å². The fraction of sp³-hybridized carbons (Fsp3) is 0.417. The Morgan fingerprint density at radius 2 is 2.20 bits per heavy atom. The maximum Gasteiger partial charge on any atom is 0.203 e. The number of nitrogens with zero attached hydrogens (tertiary/aromatic N) is 2. The van der Waals surface area contributed by atoms with Gasteiger partial charge in [-0.1, -0.05) is 6.07 Å². The maximum atomic E-state index is 4.65. The molecule has 0 radical (unpaired) electrons. The van der Waals surface area contributed by atoms with Crippen molar-refractivity contribution >= 4 is 17.0 Å². The quantitative estimate of drug-likeness (QED) is 0.709. The molecule has 3 heteroatoms. The summed E-state index contributed by atoms with van der Waals surface area (Å²) in [4.78, 5) is 4.65. The molecule has 0 bridgehead atoms. The van der Waals surface area contributed by atoms with Crippen molar-refractivity contribution < 1.29 is 0 Å². The molecule has 0 saturated heterocycles. The summed E-state index contributed by atoms with van der Waals surface area (Å²) in [7, 11) is 0. The Bertz CT molecular complexity index is 525. The van der Waals surface area contributed by atoms with Crippen LogP contribution in [0.4, 0.5) is 5.95 Å². The van der Waals surface area contributed by atoms with Crippen LogP contribution in [0.2, 0.25) is 0 Å². The van der Waals surface area contributed by atoms with Gasteiger partial charge in [0.05, 0.1) is 11.0 Å². The number of rotatable bonds is 0. The molecule has 0 amide bonds. The SMILES string of the molecule is Cc1cc(C)c2nc3n(c2c1)CCCN3. The highest BCUT2D eigenvalue weighted by atomic mass is 15.2. The van der Waals surface area contributed by atoms with Crippen molar-refractivity contribution in [1.29, 1.82) is 0 Å². The number of hydrogen-bond donors (Lipinski definition) is 1. The van der Waals surface area contributed by atoms with Gasteiger partial charge in [0.1, 0.15) is 0 Å². The van der Waals surface area contributed by atoms with Crippen LogP contribution in [0.1, 0.15) is 17.5 Å². The first-order chi connectivity index (χ1) is 7.25. The average Bonchev–Trinajstić information content (AvgIpc) is 2.57. The molecule has 2 aromatic rings. The van der Waals surface area contributed by atoms with Crippen LogP contribution in [0.5, 0.6) is 0 Å². The van der Waals surface area contributed by atoms with Gasteiger partial charge in [0, 0.05) is 13.1 Å². The molecule has 15 heavy (non-hydrogen) atoms. The predicted molar refractivity (Wildman–Crippen MR) is 62.3 cm³/mol. The second kappa shape index (κ2) is 2.99. The molecule has 1 aromatic carbocycles. The van der Waals surface area contributed by atoms with Gasteiger partial charge in [0.15, 0.2) is 0 Å². The maximum absolute atomic E-state index is 4.65. The van der Waals surface area contributed by atoms with E-state index in [-0.39, 0.29) is 0 Å². The summed E-state index contributed by atoms with van der Waals surface area (Å²) in [6.07, 6.45) is 1.19. The van der Waals surface area contributed by atoms with Crippen molar-refractivity contribution in [2.24, 2.45) is 0 Å². The number of benzene rings is 1. The number of hydrogen-bond acceptors (Lipinski definition) is 2. The molecule has 1 aliphatic rings. The topological polar surface area (TPSA) is 29.9 Å². The largest absolute Gasteiger partial charge is 0.356 e. The molecular weight excluding hydrogens is 186 g/mol. The number of aryl methyl sites for hydroxylation is 3. The van der Waals surface area contributed by atoms with Crippen molar-refractivity contribution in [3.8, 4) is 0 Å². The second-order valence-electron chi connectivity index (χ2n) is 4.32. The van der Waals surface area contributed by atoms with E-state index in [0.717, 1.165) is 24.6 Å². The first-order valence-electron chi connectivity index (χ1n) is 5.47. The second-order valence-corrected chi connectivity index (χ2v) is 4.32. The molecular formula is C12H15N3.